The van der Waals surface area contributed by atoms with E-state index in [1.54, 1.807) is 13.3 Å². The Labute approximate surface area is 155 Å². The molecule has 1 amide bonds. The number of anilines is 1. The lowest BCUT2D eigenvalue weighted by molar-refractivity contribution is -0.122. The smallest absolute Gasteiger partial charge is 0.220 e. The zero-order valence-electron chi connectivity index (χ0n) is 16.2. The number of amides is 1. The Bertz CT molecular complexity index is 775. The first kappa shape index (κ1) is 18.5. The quantitative estimate of drug-likeness (QED) is 0.890. The summed E-state index contributed by atoms with van der Waals surface area (Å²) in [5.74, 6) is 1.84. The van der Waals surface area contributed by atoms with Gasteiger partial charge in [-0.25, -0.2) is 0 Å². The van der Waals surface area contributed by atoms with E-state index >= 15 is 0 Å². The van der Waals surface area contributed by atoms with Crippen LogP contribution in [0.5, 0.6) is 5.75 Å². The maximum absolute atomic E-state index is 12.2. The van der Waals surface area contributed by atoms with Crippen molar-refractivity contribution in [2.24, 2.45) is 11.8 Å². The fourth-order valence-corrected chi connectivity index (χ4v) is 3.88. The molecule has 0 aliphatic carbocycles. The average Bonchev–Trinajstić information content (AvgIpc) is 2.59. The molecule has 0 unspecified atom stereocenters. The second-order valence-corrected chi connectivity index (χ2v) is 7.79. The van der Waals surface area contributed by atoms with Gasteiger partial charge in [0, 0.05) is 42.8 Å². The first-order chi connectivity index (χ1) is 12.5. The number of carbonyl (C=O) groups is 1. The molecule has 0 saturated carbocycles. The van der Waals surface area contributed by atoms with Gasteiger partial charge >= 0.3 is 0 Å². The third-order valence-corrected chi connectivity index (χ3v) is 4.89. The molecule has 3 rings (SSSR count). The van der Waals surface area contributed by atoms with E-state index in [1.165, 1.54) is 0 Å². The summed E-state index contributed by atoms with van der Waals surface area (Å²) in [6, 6.07) is 8.31. The van der Waals surface area contributed by atoms with Crippen LogP contribution in [0.2, 0.25) is 0 Å². The number of carbonyl (C=O) groups excluding carboxylic acids is 1. The predicted octanol–water partition coefficient (Wildman–Crippen LogP) is 3.62. The van der Waals surface area contributed by atoms with Gasteiger partial charge in [0.05, 0.1) is 7.11 Å². The van der Waals surface area contributed by atoms with Crippen LogP contribution in [0.25, 0.3) is 10.9 Å². The molecule has 1 fully saturated rings. The van der Waals surface area contributed by atoms with Crippen molar-refractivity contribution in [1.82, 2.24) is 10.3 Å². The van der Waals surface area contributed by atoms with Crippen LogP contribution >= 0.6 is 0 Å². The minimum absolute atomic E-state index is 0.153. The highest BCUT2D eigenvalue weighted by Crippen LogP contribution is 2.34. The number of pyridine rings is 1. The van der Waals surface area contributed by atoms with Crippen molar-refractivity contribution in [3.8, 4) is 5.75 Å². The number of piperidine rings is 1. The summed E-state index contributed by atoms with van der Waals surface area (Å²) >= 11 is 0. The van der Waals surface area contributed by atoms with Crippen LogP contribution in [0.4, 0.5) is 5.69 Å². The number of methoxy groups -OCH3 is 1. The van der Waals surface area contributed by atoms with Gasteiger partial charge in [-0.05, 0) is 42.5 Å². The number of hydrogen-bond acceptors (Lipinski definition) is 4. The number of hydrogen-bond donors (Lipinski definition) is 1. The van der Waals surface area contributed by atoms with Crippen LogP contribution in [-0.2, 0) is 4.79 Å². The Morgan fingerprint density at radius 3 is 2.88 bits per heavy atom. The van der Waals surface area contributed by atoms with E-state index in [-0.39, 0.29) is 11.9 Å². The number of fused-ring (bicyclic) bond motifs is 1. The van der Waals surface area contributed by atoms with Crippen LogP contribution in [0.3, 0.4) is 0 Å². The van der Waals surface area contributed by atoms with Crippen LogP contribution in [0.15, 0.2) is 30.5 Å². The van der Waals surface area contributed by atoms with Crippen molar-refractivity contribution in [1.29, 1.82) is 0 Å². The maximum Gasteiger partial charge on any atom is 0.220 e. The molecule has 0 spiro atoms. The van der Waals surface area contributed by atoms with Crippen molar-refractivity contribution in [2.75, 3.05) is 25.1 Å². The third kappa shape index (κ3) is 4.09. The van der Waals surface area contributed by atoms with Gasteiger partial charge in [-0.15, -0.1) is 0 Å². The van der Waals surface area contributed by atoms with E-state index < -0.39 is 0 Å². The number of nitrogens with zero attached hydrogens (tertiary/aromatic N) is 2. The molecule has 1 saturated heterocycles. The number of aromatic nitrogens is 1. The summed E-state index contributed by atoms with van der Waals surface area (Å²) in [5, 5.41) is 4.32. The van der Waals surface area contributed by atoms with Crippen LogP contribution < -0.4 is 15.0 Å². The molecule has 26 heavy (non-hydrogen) atoms. The Kier molecular flexibility index (Phi) is 5.64. The standard InChI is InChI=1S/C21H29N3O2/c1-14(2)10-20(25)23-16-11-15(3)12-24(13-16)18-7-8-19(26-4)21-17(18)6-5-9-22-21/h5-9,14-16H,10-13H2,1-4H3,(H,23,25)/t15-,16+/m0/s1. The highest BCUT2D eigenvalue weighted by molar-refractivity contribution is 5.95. The second-order valence-electron chi connectivity index (χ2n) is 7.79. The Morgan fingerprint density at radius 2 is 2.15 bits per heavy atom. The van der Waals surface area contributed by atoms with E-state index in [4.69, 9.17) is 4.74 Å². The zero-order valence-corrected chi connectivity index (χ0v) is 16.2. The summed E-state index contributed by atoms with van der Waals surface area (Å²) in [7, 11) is 1.67. The highest BCUT2D eigenvalue weighted by atomic mass is 16.5. The van der Waals surface area contributed by atoms with Gasteiger partial charge in [0.1, 0.15) is 11.3 Å². The summed E-state index contributed by atoms with van der Waals surface area (Å²) in [6.07, 6.45) is 3.40. The first-order valence-corrected chi connectivity index (χ1v) is 9.44. The Balaban J connectivity index is 1.84. The van der Waals surface area contributed by atoms with E-state index in [2.05, 4.69) is 48.1 Å². The van der Waals surface area contributed by atoms with Crippen LogP contribution in [-0.4, -0.2) is 37.1 Å². The lowest BCUT2D eigenvalue weighted by Crippen LogP contribution is -2.50. The topological polar surface area (TPSA) is 54.5 Å². The van der Waals surface area contributed by atoms with Crippen molar-refractivity contribution >= 4 is 22.5 Å². The van der Waals surface area contributed by atoms with Gasteiger partial charge in [-0.1, -0.05) is 20.8 Å². The van der Waals surface area contributed by atoms with E-state index in [9.17, 15) is 4.79 Å². The van der Waals surface area contributed by atoms with Crippen molar-refractivity contribution in [3.05, 3.63) is 30.5 Å². The molecule has 1 aliphatic rings. The summed E-state index contributed by atoms with van der Waals surface area (Å²) in [5.41, 5.74) is 2.04. The third-order valence-electron chi connectivity index (χ3n) is 4.89. The molecule has 5 nitrogen and oxygen atoms in total. The SMILES string of the molecule is COc1ccc(N2C[C@@H](C)C[C@@H](NC(=O)CC(C)C)C2)c2cccnc12. The van der Waals surface area contributed by atoms with Gasteiger partial charge in [-0.2, -0.15) is 0 Å². The lowest BCUT2D eigenvalue weighted by atomic mass is 9.94. The van der Waals surface area contributed by atoms with Crippen molar-refractivity contribution in [2.45, 2.75) is 39.7 Å². The number of ether oxygens (including phenoxy) is 1. The molecule has 2 atom stereocenters. The maximum atomic E-state index is 12.2. The zero-order chi connectivity index (χ0) is 18.7. The lowest BCUT2D eigenvalue weighted by Gasteiger charge is -2.39. The van der Waals surface area contributed by atoms with E-state index in [0.29, 0.717) is 18.3 Å². The fraction of sp³-hybridized carbons (Fsp3) is 0.524. The van der Waals surface area contributed by atoms with Gasteiger partial charge in [0.2, 0.25) is 5.91 Å². The van der Waals surface area contributed by atoms with Crippen molar-refractivity contribution in [3.63, 3.8) is 0 Å². The molecule has 2 heterocycles. The monoisotopic (exact) mass is 355 g/mol. The second kappa shape index (κ2) is 7.94. The first-order valence-electron chi connectivity index (χ1n) is 9.44. The van der Waals surface area contributed by atoms with E-state index in [0.717, 1.165) is 41.9 Å². The summed E-state index contributed by atoms with van der Waals surface area (Å²) < 4.78 is 5.46. The van der Waals surface area contributed by atoms with Gasteiger partial charge < -0.3 is 15.0 Å². The number of nitrogens with one attached hydrogen (secondary N) is 1. The van der Waals surface area contributed by atoms with Gasteiger partial charge in [0.25, 0.3) is 0 Å². The Hall–Kier alpha value is -2.30. The molecule has 1 N–H and O–H groups in total. The molecule has 2 aromatic rings. The molecule has 0 radical (unpaired) electrons. The minimum atomic E-state index is 0.153. The van der Waals surface area contributed by atoms with Gasteiger partial charge in [-0.3, -0.25) is 9.78 Å². The fourth-order valence-electron chi connectivity index (χ4n) is 3.88. The molecular formula is C21H29N3O2. The molecule has 0 bridgehead atoms. The highest BCUT2D eigenvalue weighted by Gasteiger charge is 2.27. The number of benzene rings is 1. The van der Waals surface area contributed by atoms with Crippen LogP contribution in [0, 0.1) is 11.8 Å². The minimum Gasteiger partial charge on any atom is -0.494 e. The molecule has 1 aromatic heterocycles. The van der Waals surface area contributed by atoms with Crippen molar-refractivity contribution < 1.29 is 9.53 Å². The normalized spacial score (nSPS) is 20.4. The summed E-state index contributed by atoms with van der Waals surface area (Å²) in [4.78, 5) is 19.1. The molecule has 1 aliphatic heterocycles. The largest absolute Gasteiger partial charge is 0.494 e. The van der Waals surface area contributed by atoms with Gasteiger partial charge in [0.15, 0.2) is 0 Å². The van der Waals surface area contributed by atoms with E-state index in [1.807, 2.05) is 12.1 Å². The molecule has 5 heteroatoms. The molecule has 1 aromatic carbocycles. The van der Waals surface area contributed by atoms with Crippen LogP contribution in [0.1, 0.15) is 33.6 Å². The number of rotatable bonds is 5. The Morgan fingerprint density at radius 1 is 1.35 bits per heavy atom. The molecule has 140 valence electrons. The summed E-state index contributed by atoms with van der Waals surface area (Å²) in [6.45, 7) is 8.20. The molecular weight excluding hydrogens is 326 g/mol. The predicted molar refractivity (Wildman–Crippen MR) is 106 cm³/mol. The average molecular weight is 355 g/mol.